The van der Waals surface area contributed by atoms with Gasteiger partial charge in [-0.05, 0) is 30.9 Å². The van der Waals surface area contributed by atoms with Gasteiger partial charge in [0.05, 0.1) is 11.4 Å². The molecule has 1 N–H and O–H groups in total. The van der Waals surface area contributed by atoms with E-state index in [9.17, 15) is 8.42 Å². The summed E-state index contributed by atoms with van der Waals surface area (Å²) in [5.41, 5.74) is 1.07. The molecule has 1 aromatic rings. The van der Waals surface area contributed by atoms with Crippen molar-refractivity contribution in [1.82, 2.24) is 4.72 Å². The fourth-order valence-corrected chi connectivity index (χ4v) is 5.15. The molecular weight excluding hydrogens is 362 g/mol. The maximum absolute atomic E-state index is 12.4. The van der Waals surface area contributed by atoms with Gasteiger partial charge in [0.1, 0.15) is 16.3 Å². The van der Waals surface area contributed by atoms with Crippen LogP contribution in [0.1, 0.15) is 19.3 Å². The first-order valence-corrected chi connectivity index (χ1v) is 9.56. The number of halogens is 1. The van der Waals surface area contributed by atoms with Crippen LogP contribution in [-0.4, -0.2) is 19.8 Å². The highest BCUT2D eigenvalue weighted by Gasteiger charge is 2.28. The van der Waals surface area contributed by atoms with Crippen molar-refractivity contribution < 1.29 is 8.42 Å². The van der Waals surface area contributed by atoms with E-state index in [-0.39, 0.29) is 4.90 Å². The first kappa shape index (κ1) is 14.4. The van der Waals surface area contributed by atoms with Crippen molar-refractivity contribution in [2.45, 2.75) is 29.0 Å². The molecular formula is C12H14BrN3O2S2. The Balaban J connectivity index is 1.79. The third-order valence-electron chi connectivity index (χ3n) is 3.64. The average molecular weight is 376 g/mol. The molecule has 0 spiro atoms. The molecule has 2 aliphatic rings. The van der Waals surface area contributed by atoms with Crippen molar-refractivity contribution in [2.75, 3.05) is 6.54 Å². The number of alkyl halides is 1. The Bertz CT molecular complexity index is 699. The second kappa shape index (κ2) is 5.67. The first-order chi connectivity index (χ1) is 9.58. The van der Waals surface area contributed by atoms with Crippen molar-refractivity contribution >= 4 is 48.7 Å². The van der Waals surface area contributed by atoms with Crippen molar-refractivity contribution in [3.63, 3.8) is 0 Å². The molecule has 0 bridgehead atoms. The van der Waals surface area contributed by atoms with Gasteiger partial charge in [0.15, 0.2) is 0 Å². The normalized spacial score (nSPS) is 24.6. The summed E-state index contributed by atoms with van der Waals surface area (Å²) in [6.07, 6.45) is 3.31. The number of nitrogens with zero attached hydrogens (tertiary/aromatic N) is 2. The standard InChI is InChI=1S/C12H14BrN3O2S2/c13-9-4-1-3-8(9)7-14-20(17,18)11-6-2-5-10-12(11)16-19-15-10/h2,5-6,8-9,14H,1,3-4,7H2. The van der Waals surface area contributed by atoms with Crippen LogP contribution in [0.3, 0.4) is 0 Å². The number of hydrogen-bond donors (Lipinski definition) is 1. The highest BCUT2D eigenvalue weighted by Crippen LogP contribution is 2.37. The molecule has 0 radical (unpaired) electrons. The van der Waals surface area contributed by atoms with Gasteiger partial charge >= 0.3 is 0 Å². The summed E-state index contributed by atoms with van der Waals surface area (Å²) in [5.74, 6) is 0.359. The van der Waals surface area contributed by atoms with Gasteiger partial charge in [0, 0.05) is 11.4 Å². The number of rotatable bonds is 4. The maximum atomic E-state index is 12.4. The van der Waals surface area contributed by atoms with Gasteiger partial charge in [0.2, 0.25) is 10.0 Å². The Morgan fingerprint density at radius 3 is 2.95 bits per heavy atom. The van der Waals surface area contributed by atoms with E-state index in [4.69, 9.17) is 0 Å². The summed E-state index contributed by atoms with van der Waals surface area (Å²) in [6, 6.07) is 5.04. The average Bonchev–Trinajstić information content (AvgIpc) is 3.04. The summed E-state index contributed by atoms with van der Waals surface area (Å²) < 4.78 is 35.7. The summed E-state index contributed by atoms with van der Waals surface area (Å²) in [6.45, 7) is 0.464. The maximum Gasteiger partial charge on any atom is 0.242 e. The number of hydrogen-bond acceptors (Lipinski definition) is 4. The lowest BCUT2D eigenvalue weighted by Gasteiger charge is -2.15. The number of nitrogens with one attached hydrogen (secondary N) is 1. The van der Waals surface area contributed by atoms with Crippen LogP contribution in [-0.2, 0) is 21.4 Å². The molecule has 1 aliphatic heterocycles. The monoisotopic (exact) mass is 375 g/mol. The molecule has 108 valence electrons. The van der Waals surface area contributed by atoms with E-state index in [0.717, 1.165) is 30.6 Å². The van der Waals surface area contributed by atoms with Crippen LogP contribution in [0.2, 0.25) is 0 Å². The van der Waals surface area contributed by atoms with Gasteiger partial charge in [-0.15, -0.1) is 0 Å². The highest BCUT2D eigenvalue weighted by atomic mass is 79.9. The fourth-order valence-electron chi connectivity index (χ4n) is 2.51. The lowest BCUT2D eigenvalue weighted by atomic mass is 10.1. The zero-order valence-electron chi connectivity index (χ0n) is 10.6. The Morgan fingerprint density at radius 2 is 2.20 bits per heavy atom. The summed E-state index contributed by atoms with van der Waals surface area (Å²) in [5, 5.41) is 0. The third kappa shape index (κ3) is 2.74. The van der Waals surface area contributed by atoms with Crippen LogP contribution in [0.4, 0.5) is 11.4 Å². The molecule has 1 saturated carbocycles. The molecule has 2 unspecified atom stereocenters. The van der Waals surface area contributed by atoms with Crippen LogP contribution >= 0.6 is 15.9 Å². The minimum Gasteiger partial charge on any atom is -0.211 e. The smallest absolute Gasteiger partial charge is 0.211 e. The van der Waals surface area contributed by atoms with Crippen LogP contribution in [0.15, 0.2) is 31.8 Å². The molecule has 0 saturated heterocycles. The topological polar surface area (TPSA) is 70.9 Å². The van der Waals surface area contributed by atoms with Crippen LogP contribution in [0, 0.1) is 5.92 Å². The molecule has 1 aliphatic carbocycles. The number of sulfonamides is 1. The predicted octanol–water partition coefficient (Wildman–Crippen LogP) is 3.25. The van der Waals surface area contributed by atoms with Gasteiger partial charge in [-0.3, -0.25) is 0 Å². The fraction of sp³-hybridized carbons (Fsp3) is 0.500. The summed E-state index contributed by atoms with van der Waals surface area (Å²) >= 11 is 4.63. The van der Waals surface area contributed by atoms with E-state index in [2.05, 4.69) is 29.4 Å². The Hall–Kier alpha value is -0.570. The quantitative estimate of drug-likeness (QED) is 0.832. The zero-order valence-corrected chi connectivity index (χ0v) is 13.8. The van der Waals surface area contributed by atoms with Gasteiger partial charge < -0.3 is 0 Å². The van der Waals surface area contributed by atoms with Crippen LogP contribution in [0.25, 0.3) is 0 Å². The molecule has 2 atom stereocenters. The van der Waals surface area contributed by atoms with Crippen molar-refractivity contribution in [1.29, 1.82) is 0 Å². The van der Waals surface area contributed by atoms with Gasteiger partial charge in [0.25, 0.3) is 0 Å². The molecule has 0 aromatic heterocycles. The lowest BCUT2D eigenvalue weighted by molar-refractivity contribution is 0.529. The molecule has 5 nitrogen and oxygen atoms in total. The molecule has 1 heterocycles. The number of benzene rings is 1. The summed E-state index contributed by atoms with van der Waals surface area (Å²) in [4.78, 5) is 0.620. The van der Waals surface area contributed by atoms with Crippen LogP contribution < -0.4 is 4.72 Å². The second-order valence-corrected chi connectivity index (χ2v) is 8.39. The second-order valence-electron chi connectivity index (χ2n) is 4.95. The SMILES string of the molecule is O=S(=O)(NCC1CCCC1Br)c1cccc2c1N=S=N2. The minimum atomic E-state index is -3.53. The minimum absolute atomic E-state index is 0.216. The first-order valence-electron chi connectivity index (χ1n) is 6.43. The lowest BCUT2D eigenvalue weighted by Crippen LogP contribution is -2.31. The van der Waals surface area contributed by atoms with Gasteiger partial charge in [-0.1, -0.05) is 28.4 Å². The molecule has 1 aromatic carbocycles. The zero-order chi connectivity index (χ0) is 14.2. The van der Waals surface area contributed by atoms with Crippen molar-refractivity contribution in [2.24, 2.45) is 14.6 Å². The van der Waals surface area contributed by atoms with Crippen molar-refractivity contribution in [3.05, 3.63) is 18.2 Å². The molecule has 1 fully saturated rings. The van der Waals surface area contributed by atoms with E-state index >= 15 is 0 Å². The Kier molecular flexibility index (Phi) is 4.07. The third-order valence-corrected chi connectivity index (χ3v) is 6.84. The van der Waals surface area contributed by atoms with E-state index in [1.807, 2.05) is 0 Å². The van der Waals surface area contributed by atoms with Crippen molar-refractivity contribution in [3.8, 4) is 0 Å². The van der Waals surface area contributed by atoms with Crippen LogP contribution in [0.5, 0.6) is 0 Å². The number of fused-ring (bicyclic) bond motifs is 1. The molecule has 20 heavy (non-hydrogen) atoms. The Morgan fingerprint density at radius 1 is 1.35 bits per heavy atom. The predicted molar refractivity (Wildman–Crippen MR) is 83.2 cm³/mol. The molecule has 0 amide bonds. The van der Waals surface area contributed by atoms with E-state index in [1.54, 1.807) is 18.2 Å². The summed E-state index contributed by atoms with van der Waals surface area (Å²) in [7, 11) is -3.53. The Labute approximate surface area is 130 Å². The van der Waals surface area contributed by atoms with E-state index in [1.165, 1.54) is 0 Å². The molecule has 8 heteroatoms. The van der Waals surface area contributed by atoms with E-state index in [0.29, 0.717) is 28.7 Å². The molecule has 3 rings (SSSR count). The highest BCUT2D eigenvalue weighted by molar-refractivity contribution is 9.09. The van der Waals surface area contributed by atoms with E-state index < -0.39 is 10.0 Å². The largest absolute Gasteiger partial charge is 0.242 e. The van der Waals surface area contributed by atoms with Gasteiger partial charge in [-0.2, -0.15) is 8.73 Å². The van der Waals surface area contributed by atoms with Gasteiger partial charge in [-0.25, -0.2) is 13.1 Å².